The van der Waals surface area contributed by atoms with Crippen LogP contribution in [0.5, 0.6) is 17.2 Å². The van der Waals surface area contributed by atoms with E-state index >= 15 is 0 Å². The molecule has 0 radical (unpaired) electrons. The molecule has 0 saturated heterocycles. The molecule has 0 amide bonds. The Balaban J connectivity index is 1.76. The highest BCUT2D eigenvalue weighted by atomic mass is 16.6. The first-order chi connectivity index (χ1) is 17.5. The molecule has 186 valence electrons. The number of hydrogen-bond donors (Lipinski definition) is 0. The van der Waals surface area contributed by atoms with E-state index in [-0.39, 0.29) is 0 Å². The van der Waals surface area contributed by atoms with Crippen molar-refractivity contribution < 1.29 is 23.8 Å². The van der Waals surface area contributed by atoms with Gasteiger partial charge in [0, 0.05) is 66.4 Å². The van der Waals surface area contributed by atoms with Crippen LogP contribution in [-0.4, -0.2) is 38.6 Å². The summed E-state index contributed by atoms with van der Waals surface area (Å²) in [5, 5.41) is 0. The lowest BCUT2D eigenvalue weighted by Gasteiger charge is -2.37. The third kappa shape index (κ3) is 3.49. The largest absolute Gasteiger partial charge is 0.456 e. The van der Waals surface area contributed by atoms with Crippen LogP contribution in [0.1, 0.15) is 54.7 Å². The Kier molecular flexibility index (Phi) is 6.08. The first-order valence-corrected chi connectivity index (χ1v) is 12.5. The minimum Gasteiger partial charge on any atom is -0.456 e. The van der Waals surface area contributed by atoms with Crippen molar-refractivity contribution in [1.29, 1.82) is 0 Å². The van der Waals surface area contributed by atoms with Crippen molar-refractivity contribution in [2.45, 2.75) is 33.3 Å². The van der Waals surface area contributed by atoms with Crippen molar-refractivity contribution in [3.8, 4) is 17.2 Å². The van der Waals surface area contributed by atoms with Gasteiger partial charge in [-0.1, -0.05) is 0 Å². The van der Waals surface area contributed by atoms with Gasteiger partial charge in [-0.15, -0.1) is 0 Å². The molecule has 5 rings (SSSR count). The van der Waals surface area contributed by atoms with Crippen LogP contribution in [-0.2, 0) is 15.1 Å². The molecular formula is C29H30N2O5. The average molecular weight is 487 g/mol. The summed E-state index contributed by atoms with van der Waals surface area (Å²) < 4.78 is 17.8. The van der Waals surface area contributed by atoms with Crippen molar-refractivity contribution in [3.05, 3.63) is 76.9 Å². The van der Waals surface area contributed by atoms with Gasteiger partial charge in [0.1, 0.15) is 17.2 Å². The molecule has 36 heavy (non-hydrogen) atoms. The zero-order valence-electron chi connectivity index (χ0n) is 21.0. The summed E-state index contributed by atoms with van der Waals surface area (Å²) in [6, 6.07) is 17.1. The highest BCUT2D eigenvalue weighted by Crippen LogP contribution is 2.57. The molecule has 0 fully saturated rings. The molecule has 7 nitrogen and oxygen atoms in total. The second kappa shape index (κ2) is 9.22. The number of anilines is 2. The van der Waals surface area contributed by atoms with Crippen molar-refractivity contribution in [1.82, 2.24) is 0 Å². The quantitative estimate of drug-likeness (QED) is 0.308. The van der Waals surface area contributed by atoms with Gasteiger partial charge in [0.05, 0.1) is 5.56 Å². The van der Waals surface area contributed by atoms with Crippen molar-refractivity contribution in [2.75, 3.05) is 36.0 Å². The summed E-state index contributed by atoms with van der Waals surface area (Å²) in [6.45, 7) is 12.3. The Morgan fingerprint density at radius 1 is 0.778 bits per heavy atom. The molecule has 0 bridgehead atoms. The first-order valence-electron chi connectivity index (χ1n) is 12.5. The molecule has 0 atom stereocenters. The number of ether oxygens (including phenoxy) is 3. The van der Waals surface area contributed by atoms with Crippen LogP contribution >= 0.6 is 0 Å². The van der Waals surface area contributed by atoms with Crippen LogP contribution in [0.3, 0.4) is 0 Å². The van der Waals surface area contributed by atoms with E-state index in [4.69, 9.17) is 14.2 Å². The second-order valence-corrected chi connectivity index (χ2v) is 8.80. The topological polar surface area (TPSA) is 68.3 Å². The third-order valence-corrected chi connectivity index (χ3v) is 7.19. The minimum absolute atomic E-state index is 0.291. The maximum absolute atomic E-state index is 13.2. The van der Waals surface area contributed by atoms with Gasteiger partial charge in [-0.25, -0.2) is 4.79 Å². The highest BCUT2D eigenvalue weighted by Gasteiger charge is 2.53. The average Bonchev–Trinajstić information content (AvgIpc) is 3.17. The predicted molar refractivity (Wildman–Crippen MR) is 139 cm³/mol. The minimum atomic E-state index is -1.17. The highest BCUT2D eigenvalue weighted by molar-refractivity contribution is 5.97. The number of nitrogens with zero attached hydrogens (tertiary/aromatic N) is 2. The van der Waals surface area contributed by atoms with Crippen LogP contribution in [0.2, 0.25) is 0 Å². The van der Waals surface area contributed by atoms with Gasteiger partial charge in [-0.3, -0.25) is 4.79 Å². The van der Waals surface area contributed by atoms with Crippen LogP contribution < -0.4 is 19.3 Å². The number of esters is 1. The van der Waals surface area contributed by atoms with Crippen LogP contribution in [0.25, 0.3) is 0 Å². The third-order valence-electron chi connectivity index (χ3n) is 7.19. The maximum Gasteiger partial charge on any atom is 0.340 e. The molecule has 3 aromatic carbocycles. The number of benzene rings is 3. The molecule has 0 N–H and O–H groups in total. The molecule has 7 heteroatoms. The Morgan fingerprint density at radius 3 is 1.81 bits per heavy atom. The molecule has 0 saturated carbocycles. The van der Waals surface area contributed by atoms with E-state index in [1.165, 1.54) is 0 Å². The Hall–Kier alpha value is -4.00. The summed E-state index contributed by atoms with van der Waals surface area (Å²) >= 11 is 0. The monoisotopic (exact) mass is 486 g/mol. The van der Waals surface area contributed by atoms with Gasteiger partial charge < -0.3 is 24.0 Å². The van der Waals surface area contributed by atoms with Gasteiger partial charge in [-0.2, -0.15) is 0 Å². The normalized spacial score (nSPS) is 14.3. The zero-order chi connectivity index (χ0) is 25.4. The number of carbonyl (C=O) groups is 2. The maximum atomic E-state index is 13.2. The van der Waals surface area contributed by atoms with E-state index < -0.39 is 11.6 Å². The molecule has 0 aromatic heterocycles. The molecule has 2 aliphatic rings. The number of rotatable bonds is 8. The summed E-state index contributed by atoms with van der Waals surface area (Å²) in [5.41, 5.74) is 3.50. The van der Waals surface area contributed by atoms with Crippen molar-refractivity contribution in [3.63, 3.8) is 0 Å². The van der Waals surface area contributed by atoms with E-state index in [0.29, 0.717) is 34.8 Å². The second-order valence-electron chi connectivity index (χ2n) is 8.80. The molecule has 2 heterocycles. The lowest BCUT2D eigenvalue weighted by atomic mass is 9.77. The van der Waals surface area contributed by atoms with Crippen molar-refractivity contribution >= 4 is 23.8 Å². The van der Waals surface area contributed by atoms with Gasteiger partial charge in [0.15, 0.2) is 5.60 Å². The molecular weight excluding hydrogens is 456 g/mol. The smallest absolute Gasteiger partial charge is 0.340 e. The van der Waals surface area contributed by atoms with E-state index in [0.717, 1.165) is 48.7 Å². The van der Waals surface area contributed by atoms with E-state index in [1.54, 1.807) is 18.2 Å². The molecule has 1 spiro atoms. The van der Waals surface area contributed by atoms with E-state index in [9.17, 15) is 9.59 Å². The lowest BCUT2D eigenvalue weighted by Crippen LogP contribution is -2.33. The van der Waals surface area contributed by atoms with Crippen molar-refractivity contribution in [2.24, 2.45) is 0 Å². The molecule has 3 aromatic rings. The fraction of sp³-hybridized carbons (Fsp3) is 0.310. The number of fused-ring (bicyclic) bond motifs is 6. The lowest BCUT2D eigenvalue weighted by molar-refractivity contribution is -0.120. The van der Waals surface area contributed by atoms with E-state index in [2.05, 4.69) is 37.5 Å². The zero-order valence-corrected chi connectivity index (χ0v) is 21.0. The summed E-state index contributed by atoms with van der Waals surface area (Å²) in [6.07, 6.45) is 0. The Morgan fingerprint density at radius 2 is 1.31 bits per heavy atom. The SMILES string of the molecule is CCN(CC)c1ccc2c(c1)Oc1cc(N(CC)CC)ccc1C21OC(=O)c2cc(OC=O)ccc21. The standard InChI is InChI=1S/C29H30N2O5/c1-5-30(6-2)19-9-12-24-26(15-19)35-27-16-20(31(7-3)8-4)10-13-25(27)29(24)23-14-11-21(34-18-32)17-22(23)28(33)36-29/h9-18H,5-8H2,1-4H3. The summed E-state index contributed by atoms with van der Waals surface area (Å²) in [4.78, 5) is 28.6. The molecule has 0 aliphatic carbocycles. The number of hydrogen-bond acceptors (Lipinski definition) is 7. The molecule has 0 unspecified atom stereocenters. The Labute approximate surface area is 211 Å². The fourth-order valence-corrected chi connectivity index (χ4v) is 5.38. The van der Waals surface area contributed by atoms with Gasteiger partial charge in [0.2, 0.25) is 0 Å². The predicted octanol–water partition coefficient (Wildman–Crippen LogP) is 5.48. The van der Waals surface area contributed by atoms with Crippen LogP contribution in [0.4, 0.5) is 11.4 Å². The molecule has 2 aliphatic heterocycles. The van der Waals surface area contributed by atoms with E-state index in [1.807, 2.05) is 36.4 Å². The Bertz CT molecular complexity index is 1270. The van der Waals surface area contributed by atoms with Gasteiger partial charge in [0.25, 0.3) is 6.47 Å². The van der Waals surface area contributed by atoms with Gasteiger partial charge in [-0.05, 0) is 70.2 Å². The van der Waals surface area contributed by atoms with Crippen LogP contribution in [0.15, 0.2) is 54.6 Å². The summed E-state index contributed by atoms with van der Waals surface area (Å²) in [5.74, 6) is 1.12. The number of carbonyl (C=O) groups excluding carboxylic acids is 2. The van der Waals surface area contributed by atoms with Gasteiger partial charge >= 0.3 is 5.97 Å². The summed E-state index contributed by atoms with van der Waals surface area (Å²) in [7, 11) is 0. The van der Waals surface area contributed by atoms with Crippen LogP contribution in [0, 0.1) is 0 Å². The first kappa shape index (κ1) is 23.7. The fourth-order valence-electron chi connectivity index (χ4n) is 5.38.